The van der Waals surface area contributed by atoms with E-state index in [1.165, 1.54) is 32.1 Å². The number of aliphatic hydroxyl groups is 1. The van der Waals surface area contributed by atoms with Gasteiger partial charge in [0.15, 0.2) is 11.5 Å². The van der Waals surface area contributed by atoms with Crippen LogP contribution in [0, 0.1) is 29.1 Å². The van der Waals surface area contributed by atoms with Crippen molar-refractivity contribution < 1.29 is 19.3 Å². The van der Waals surface area contributed by atoms with Gasteiger partial charge in [-0.3, -0.25) is 0 Å². The van der Waals surface area contributed by atoms with E-state index < -0.39 is 11.9 Å². The van der Waals surface area contributed by atoms with Crippen molar-refractivity contribution in [2.75, 3.05) is 7.11 Å². The predicted molar refractivity (Wildman–Crippen MR) is 110 cm³/mol. The van der Waals surface area contributed by atoms with E-state index in [2.05, 4.69) is 20.8 Å². The summed E-state index contributed by atoms with van der Waals surface area (Å²) in [5, 5.41) is 11.7. The first kappa shape index (κ1) is 19.9. The minimum absolute atomic E-state index is 0.162. The van der Waals surface area contributed by atoms with Crippen LogP contribution in [0.3, 0.4) is 0 Å². The van der Waals surface area contributed by atoms with Crippen LogP contribution in [0.5, 0.6) is 17.2 Å². The van der Waals surface area contributed by atoms with Gasteiger partial charge in [-0.05, 0) is 48.0 Å². The average Bonchev–Trinajstić information content (AvgIpc) is 2.92. The summed E-state index contributed by atoms with van der Waals surface area (Å²) >= 11 is 0. The molecule has 156 valence electrons. The third-order valence-corrected chi connectivity index (χ3v) is 7.88. The summed E-state index contributed by atoms with van der Waals surface area (Å²) in [5.74, 6) is 3.51. The average molecular weight is 389 g/mol. The van der Waals surface area contributed by atoms with E-state index in [-0.39, 0.29) is 11.3 Å². The van der Waals surface area contributed by atoms with Crippen molar-refractivity contribution in [3.05, 3.63) is 17.7 Å². The zero-order chi connectivity index (χ0) is 20.3. The summed E-state index contributed by atoms with van der Waals surface area (Å²) < 4.78 is 17.5. The van der Waals surface area contributed by atoms with Crippen molar-refractivity contribution in [3.63, 3.8) is 0 Å². The van der Waals surface area contributed by atoms with Gasteiger partial charge in [0.05, 0.1) is 13.2 Å². The number of hydrogen-bond donors (Lipinski definition) is 1. The number of rotatable bonds is 3. The van der Waals surface area contributed by atoms with Crippen molar-refractivity contribution in [3.8, 4) is 17.2 Å². The first-order valence-corrected chi connectivity index (χ1v) is 10.9. The molecule has 3 aliphatic rings. The fraction of sp³-hybridized carbons (Fsp3) is 0.750. The molecule has 1 aliphatic heterocycles. The van der Waals surface area contributed by atoms with Gasteiger partial charge in [0, 0.05) is 25.5 Å². The van der Waals surface area contributed by atoms with Crippen LogP contribution in [0.2, 0.25) is 0 Å². The second kappa shape index (κ2) is 6.83. The molecule has 0 amide bonds. The summed E-state index contributed by atoms with van der Waals surface area (Å²) in [6.07, 6.45) is 5.69. The van der Waals surface area contributed by atoms with Crippen molar-refractivity contribution >= 4 is 0 Å². The van der Waals surface area contributed by atoms with E-state index in [0.29, 0.717) is 29.1 Å². The van der Waals surface area contributed by atoms with E-state index in [1.54, 1.807) is 7.11 Å². The molecule has 4 nitrogen and oxygen atoms in total. The Morgan fingerprint density at radius 2 is 1.71 bits per heavy atom. The van der Waals surface area contributed by atoms with E-state index in [4.69, 9.17) is 14.2 Å². The lowest BCUT2D eigenvalue weighted by molar-refractivity contribution is -0.110. The molecule has 1 aromatic carbocycles. The molecule has 4 heteroatoms. The Bertz CT molecular complexity index is 742. The third kappa shape index (κ3) is 3.08. The van der Waals surface area contributed by atoms with Gasteiger partial charge < -0.3 is 19.3 Å². The molecule has 0 spiro atoms. The molecule has 2 saturated carbocycles. The number of hydrogen-bond acceptors (Lipinski definition) is 4. The van der Waals surface area contributed by atoms with Crippen LogP contribution in [0.15, 0.2) is 12.1 Å². The van der Waals surface area contributed by atoms with Gasteiger partial charge >= 0.3 is 0 Å². The lowest BCUT2D eigenvalue weighted by Crippen LogP contribution is -2.49. The fourth-order valence-electron chi connectivity index (χ4n) is 6.68. The van der Waals surface area contributed by atoms with E-state index in [0.717, 1.165) is 11.5 Å². The Morgan fingerprint density at radius 1 is 1.04 bits per heavy atom. The minimum atomic E-state index is -0.690. The Kier molecular flexibility index (Phi) is 4.85. The largest absolute Gasteiger partial charge is 0.496 e. The third-order valence-electron chi connectivity index (χ3n) is 7.88. The molecule has 2 aliphatic carbocycles. The van der Waals surface area contributed by atoms with Crippen LogP contribution < -0.4 is 14.2 Å². The van der Waals surface area contributed by atoms with Crippen LogP contribution >= 0.6 is 0 Å². The number of benzene rings is 1. The molecule has 0 bridgehead atoms. The van der Waals surface area contributed by atoms with Gasteiger partial charge in [-0.25, -0.2) is 0 Å². The molecule has 6 atom stereocenters. The summed E-state index contributed by atoms with van der Waals surface area (Å²) in [4.78, 5) is 0. The second-order valence-electron chi connectivity index (χ2n) is 10.2. The zero-order valence-electron chi connectivity index (χ0n) is 18.2. The normalized spacial score (nSPS) is 37.2. The first-order chi connectivity index (χ1) is 13.2. The molecule has 2 fully saturated rings. The van der Waals surface area contributed by atoms with Gasteiger partial charge in [-0.2, -0.15) is 0 Å². The van der Waals surface area contributed by atoms with Crippen molar-refractivity contribution in [2.45, 2.75) is 78.6 Å². The molecule has 4 rings (SSSR count). The van der Waals surface area contributed by atoms with Gasteiger partial charge in [0.1, 0.15) is 5.75 Å². The summed E-state index contributed by atoms with van der Waals surface area (Å²) in [7, 11) is 1.66. The van der Waals surface area contributed by atoms with Crippen LogP contribution in [0.1, 0.15) is 78.4 Å². The topological polar surface area (TPSA) is 47.9 Å². The quantitative estimate of drug-likeness (QED) is 0.719. The lowest BCUT2D eigenvalue weighted by Gasteiger charge is -2.56. The highest BCUT2D eigenvalue weighted by Gasteiger charge is 2.53. The van der Waals surface area contributed by atoms with Gasteiger partial charge in [0.25, 0.3) is 0 Å². The van der Waals surface area contributed by atoms with Crippen molar-refractivity contribution in [1.29, 1.82) is 0 Å². The van der Waals surface area contributed by atoms with Crippen LogP contribution in [0.4, 0.5) is 0 Å². The van der Waals surface area contributed by atoms with Gasteiger partial charge in [-0.1, -0.05) is 40.0 Å². The zero-order valence-corrected chi connectivity index (χ0v) is 18.2. The summed E-state index contributed by atoms with van der Waals surface area (Å²) in [6.45, 7) is 10.9. The number of aliphatic hydroxyl groups excluding tert-OH is 1. The van der Waals surface area contributed by atoms with Crippen LogP contribution in [0.25, 0.3) is 0 Å². The molecule has 2 unspecified atom stereocenters. The monoisotopic (exact) mass is 388 g/mol. The standard InChI is InChI=1S/C24H36O4/c1-14-8-7-11-24(5)17(14)10-9-15(2)21(24)22(25)16-12-19-20(13-18(16)26-6)28-23(3,4)27-19/h12-15,17,21-22,25H,7-11H2,1-6H3/t14-,15-,17-,21?,22?,24-/m0/s1. The van der Waals surface area contributed by atoms with Crippen molar-refractivity contribution in [1.82, 2.24) is 0 Å². The molecule has 1 aromatic rings. The molecule has 0 radical (unpaired) electrons. The van der Waals surface area contributed by atoms with E-state index in [1.807, 2.05) is 26.0 Å². The van der Waals surface area contributed by atoms with Crippen molar-refractivity contribution in [2.24, 2.45) is 29.1 Å². The van der Waals surface area contributed by atoms with E-state index >= 15 is 0 Å². The Hall–Kier alpha value is -1.42. The lowest BCUT2D eigenvalue weighted by atomic mass is 9.49. The number of fused-ring (bicyclic) bond motifs is 2. The fourth-order valence-corrected chi connectivity index (χ4v) is 6.68. The Morgan fingerprint density at radius 3 is 2.39 bits per heavy atom. The van der Waals surface area contributed by atoms with Gasteiger partial charge in [0.2, 0.25) is 5.79 Å². The maximum absolute atomic E-state index is 11.7. The Balaban J connectivity index is 1.73. The molecular formula is C24H36O4. The first-order valence-electron chi connectivity index (χ1n) is 10.9. The van der Waals surface area contributed by atoms with Gasteiger partial charge in [-0.15, -0.1) is 0 Å². The Labute approximate surface area is 169 Å². The molecule has 0 aromatic heterocycles. The molecule has 0 saturated heterocycles. The summed E-state index contributed by atoms with van der Waals surface area (Å²) in [6, 6.07) is 3.82. The predicted octanol–water partition coefficient (Wildman–Crippen LogP) is 5.72. The molecular weight excluding hydrogens is 352 g/mol. The van der Waals surface area contributed by atoms with E-state index in [9.17, 15) is 5.11 Å². The number of methoxy groups -OCH3 is 1. The second-order valence-corrected chi connectivity index (χ2v) is 10.2. The highest BCUT2D eigenvalue weighted by Crippen LogP contribution is 2.61. The minimum Gasteiger partial charge on any atom is -0.496 e. The SMILES string of the molecule is COc1cc2c(cc1C(O)C1[C@@H](C)CC[C@H]3[C@@H](C)CCC[C@]13C)OC(C)(C)O2. The maximum atomic E-state index is 11.7. The highest BCUT2D eigenvalue weighted by atomic mass is 16.7. The molecule has 1 heterocycles. The molecule has 1 N–H and O–H groups in total. The number of ether oxygens (including phenoxy) is 3. The van der Waals surface area contributed by atoms with Crippen LogP contribution in [-0.4, -0.2) is 18.0 Å². The highest BCUT2D eigenvalue weighted by molar-refractivity contribution is 5.53. The molecule has 28 heavy (non-hydrogen) atoms. The summed E-state index contributed by atoms with van der Waals surface area (Å²) in [5.41, 5.74) is 0.995. The smallest absolute Gasteiger partial charge is 0.246 e. The maximum Gasteiger partial charge on any atom is 0.246 e. The van der Waals surface area contributed by atoms with Crippen LogP contribution in [-0.2, 0) is 0 Å².